The average Bonchev–Trinajstić information content (AvgIpc) is 2.02. The number of ether oxygens (including phenoxy) is 2. The summed E-state index contributed by atoms with van der Waals surface area (Å²) in [7, 11) is 1.16. The van der Waals surface area contributed by atoms with Crippen molar-refractivity contribution in [2.24, 2.45) is 5.73 Å². The summed E-state index contributed by atoms with van der Waals surface area (Å²) in [5, 5.41) is 0. The first kappa shape index (κ1) is 11.2. The van der Waals surface area contributed by atoms with E-state index in [2.05, 4.69) is 9.47 Å². The summed E-state index contributed by atoms with van der Waals surface area (Å²) < 4.78 is 31.6. The average molecular weight is 183 g/mol. The van der Waals surface area contributed by atoms with Gasteiger partial charge in [-0.3, -0.25) is 4.79 Å². The molecule has 0 heterocycles. The van der Waals surface area contributed by atoms with Crippen molar-refractivity contribution in [3.63, 3.8) is 0 Å². The number of halogens is 2. The van der Waals surface area contributed by atoms with Gasteiger partial charge in [0.1, 0.15) is 12.6 Å². The van der Waals surface area contributed by atoms with Crippen LogP contribution >= 0.6 is 0 Å². The highest BCUT2D eigenvalue weighted by Crippen LogP contribution is 1.93. The maximum absolute atomic E-state index is 11.5. The van der Waals surface area contributed by atoms with Crippen molar-refractivity contribution >= 4 is 5.97 Å². The smallest absolute Gasteiger partial charge is 0.325 e. The fourth-order valence-corrected chi connectivity index (χ4v) is 0.504. The Morgan fingerprint density at radius 2 is 2.08 bits per heavy atom. The molecule has 0 aromatic rings. The van der Waals surface area contributed by atoms with Crippen molar-refractivity contribution in [1.82, 2.24) is 0 Å². The minimum absolute atomic E-state index is 0.253. The van der Waals surface area contributed by atoms with E-state index in [-0.39, 0.29) is 6.61 Å². The summed E-state index contributed by atoms with van der Waals surface area (Å²) in [4.78, 5) is 10.6. The van der Waals surface area contributed by atoms with Crippen LogP contribution in [0.2, 0.25) is 0 Å². The Morgan fingerprint density at radius 3 is 2.50 bits per heavy atom. The van der Waals surface area contributed by atoms with Crippen molar-refractivity contribution in [2.75, 3.05) is 20.3 Å². The number of esters is 1. The molecule has 0 spiro atoms. The first-order valence-electron chi connectivity index (χ1n) is 3.27. The summed E-state index contributed by atoms with van der Waals surface area (Å²) in [6, 6.07) is -0.992. The van der Waals surface area contributed by atoms with Crippen molar-refractivity contribution in [1.29, 1.82) is 0 Å². The summed E-state index contributed by atoms with van der Waals surface area (Å²) in [5.74, 6) is -0.677. The molecule has 0 fully saturated rings. The van der Waals surface area contributed by atoms with Gasteiger partial charge in [-0.15, -0.1) is 0 Å². The summed E-state index contributed by atoms with van der Waals surface area (Å²) in [5.41, 5.74) is 5.17. The van der Waals surface area contributed by atoms with Gasteiger partial charge >= 0.3 is 5.97 Å². The zero-order valence-corrected chi connectivity index (χ0v) is 6.63. The van der Waals surface area contributed by atoms with Crippen LogP contribution in [0, 0.1) is 0 Å². The van der Waals surface area contributed by atoms with E-state index in [1.54, 1.807) is 0 Å². The number of nitrogens with two attached hydrogens (primary N) is 1. The molecule has 0 aromatic carbocycles. The Morgan fingerprint density at radius 1 is 1.50 bits per heavy atom. The molecule has 0 aliphatic rings. The van der Waals surface area contributed by atoms with Crippen LogP contribution in [-0.2, 0) is 14.3 Å². The second kappa shape index (κ2) is 5.84. The molecule has 1 atom stereocenters. The fraction of sp³-hybridized carbons (Fsp3) is 0.833. The van der Waals surface area contributed by atoms with E-state index in [0.717, 1.165) is 7.11 Å². The molecule has 0 saturated heterocycles. The van der Waals surface area contributed by atoms with Crippen molar-refractivity contribution in [2.45, 2.75) is 12.5 Å². The Balaban J connectivity index is 3.43. The van der Waals surface area contributed by atoms with Crippen LogP contribution in [0.15, 0.2) is 0 Å². The van der Waals surface area contributed by atoms with Crippen LogP contribution in [0.25, 0.3) is 0 Å². The van der Waals surface area contributed by atoms with Crippen LogP contribution in [0.5, 0.6) is 0 Å². The summed E-state index contributed by atoms with van der Waals surface area (Å²) in [6.45, 7) is -0.971. The van der Waals surface area contributed by atoms with Gasteiger partial charge < -0.3 is 15.2 Å². The largest absolute Gasteiger partial charge is 0.468 e. The first-order valence-corrected chi connectivity index (χ1v) is 3.27. The zero-order chi connectivity index (χ0) is 9.56. The lowest BCUT2D eigenvalue weighted by atomic mass is 10.3. The summed E-state index contributed by atoms with van der Waals surface area (Å²) in [6.07, 6.45) is -2.55. The maximum Gasteiger partial charge on any atom is 0.325 e. The lowest BCUT2D eigenvalue weighted by molar-refractivity contribution is -0.144. The van der Waals surface area contributed by atoms with Gasteiger partial charge in [-0.25, -0.2) is 8.78 Å². The lowest BCUT2D eigenvalue weighted by Gasteiger charge is -2.08. The molecular weight excluding hydrogens is 172 g/mol. The van der Waals surface area contributed by atoms with Crippen molar-refractivity contribution in [3.8, 4) is 0 Å². The molecule has 12 heavy (non-hydrogen) atoms. The molecule has 72 valence electrons. The van der Waals surface area contributed by atoms with Gasteiger partial charge in [-0.05, 0) is 0 Å². The molecular formula is C6H11F2NO3. The van der Waals surface area contributed by atoms with Crippen LogP contribution in [0.3, 0.4) is 0 Å². The van der Waals surface area contributed by atoms with Crippen molar-refractivity contribution in [3.05, 3.63) is 0 Å². The third-order valence-electron chi connectivity index (χ3n) is 1.05. The number of methoxy groups -OCH3 is 1. The Hall–Kier alpha value is -0.750. The lowest BCUT2D eigenvalue weighted by Crippen LogP contribution is -2.36. The highest BCUT2D eigenvalue weighted by molar-refractivity contribution is 5.75. The molecule has 0 radical (unpaired) electrons. The maximum atomic E-state index is 11.5. The standard InChI is InChI=1S/C6H11F2NO3/c1-11-6(10)4(9)2-12-3-5(7)8/h4-5H,2-3,9H2,1H3. The molecule has 0 amide bonds. The normalized spacial score (nSPS) is 13.1. The van der Waals surface area contributed by atoms with E-state index < -0.39 is 25.0 Å². The van der Waals surface area contributed by atoms with Gasteiger partial charge in [0.15, 0.2) is 0 Å². The fourth-order valence-electron chi connectivity index (χ4n) is 0.504. The SMILES string of the molecule is COC(=O)C(N)COCC(F)F. The Kier molecular flexibility index (Phi) is 5.48. The molecule has 0 aromatic heterocycles. The second-order valence-corrected chi connectivity index (χ2v) is 2.06. The van der Waals surface area contributed by atoms with E-state index >= 15 is 0 Å². The van der Waals surface area contributed by atoms with Gasteiger partial charge in [0, 0.05) is 0 Å². The van der Waals surface area contributed by atoms with Gasteiger partial charge in [-0.1, -0.05) is 0 Å². The van der Waals surface area contributed by atoms with Crippen LogP contribution in [-0.4, -0.2) is 38.8 Å². The molecule has 4 nitrogen and oxygen atoms in total. The Bertz CT molecular complexity index is 143. The zero-order valence-electron chi connectivity index (χ0n) is 6.63. The number of rotatable bonds is 5. The van der Waals surface area contributed by atoms with Crippen LogP contribution in [0.1, 0.15) is 0 Å². The van der Waals surface area contributed by atoms with Gasteiger partial charge in [0.2, 0.25) is 0 Å². The predicted molar refractivity (Wildman–Crippen MR) is 36.8 cm³/mol. The third-order valence-corrected chi connectivity index (χ3v) is 1.05. The second-order valence-electron chi connectivity index (χ2n) is 2.06. The highest BCUT2D eigenvalue weighted by atomic mass is 19.3. The number of carbonyl (C=O) groups excluding carboxylic acids is 1. The quantitative estimate of drug-likeness (QED) is 0.598. The van der Waals surface area contributed by atoms with Gasteiger partial charge in [-0.2, -0.15) is 0 Å². The minimum Gasteiger partial charge on any atom is -0.468 e. The Labute approximate surface area is 68.6 Å². The van der Waals surface area contributed by atoms with Gasteiger partial charge in [0.25, 0.3) is 6.43 Å². The van der Waals surface area contributed by atoms with E-state index in [1.807, 2.05) is 0 Å². The molecule has 0 saturated carbocycles. The van der Waals surface area contributed by atoms with Crippen LogP contribution in [0.4, 0.5) is 8.78 Å². The molecule has 0 aliphatic heterocycles. The molecule has 0 bridgehead atoms. The van der Waals surface area contributed by atoms with E-state index in [0.29, 0.717) is 0 Å². The van der Waals surface area contributed by atoms with E-state index in [1.165, 1.54) is 0 Å². The topological polar surface area (TPSA) is 61.5 Å². The van der Waals surface area contributed by atoms with E-state index in [4.69, 9.17) is 5.73 Å². The van der Waals surface area contributed by atoms with Gasteiger partial charge in [0.05, 0.1) is 13.7 Å². The number of carbonyl (C=O) groups is 1. The molecule has 6 heteroatoms. The number of hydrogen-bond donors (Lipinski definition) is 1. The predicted octanol–water partition coefficient (Wildman–Crippen LogP) is -0.232. The third kappa shape index (κ3) is 4.97. The van der Waals surface area contributed by atoms with Crippen LogP contribution < -0.4 is 5.73 Å². The first-order chi connectivity index (χ1) is 5.57. The van der Waals surface area contributed by atoms with Crippen molar-refractivity contribution < 1.29 is 23.0 Å². The molecule has 0 rings (SSSR count). The summed E-state index contributed by atoms with van der Waals surface area (Å²) >= 11 is 0. The highest BCUT2D eigenvalue weighted by Gasteiger charge is 2.14. The molecule has 1 unspecified atom stereocenters. The minimum atomic E-state index is -2.55. The monoisotopic (exact) mass is 183 g/mol. The molecule has 2 N–H and O–H groups in total. The number of alkyl halides is 2. The van der Waals surface area contributed by atoms with E-state index in [9.17, 15) is 13.6 Å². The number of hydrogen-bond acceptors (Lipinski definition) is 4. The molecule has 0 aliphatic carbocycles.